The van der Waals surface area contributed by atoms with Crippen LogP contribution in [-0.4, -0.2) is 20.2 Å². The van der Waals surface area contributed by atoms with E-state index in [4.69, 9.17) is 0 Å². The first-order valence-electron chi connectivity index (χ1n) is 8.11. The van der Waals surface area contributed by atoms with Gasteiger partial charge in [-0.05, 0) is 29.0 Å². The average molecular weight is 455 g/mol. The molecule has 0 bridgehead atoms. The van der Waals surface area contributed by atoms with E-state index in [1.165, 1.54) is 23.5 Å². The number of halogens is 2. The van der Waals surface area contributed by atoms with Crippen LogP contribution in [0, 0.1) is 5.82 Å². The highest BCUT2D eigenvalue weighted by Crippen LogP contribution is 2.28. The van der Waals surface area contributed by atoms with Gasteiger partial charge in [-0.25, -0.2) is 9.18 Å². The van der Waals surface area contributed by atoms with Crippen molar-refractivity contribution >= 4 is 43.5 Å². The summed E-state index contributed by atoms with van der Waals surface area (Å²) < 4.78 is 16.7. The standard InChI is InChI=1S/C18H16BrFN2O4S/c1-9(2)12-8-27-17-15(12)16(25)21(18(26)22(17)7-14(23)24)6-10-3-4-11(19)5-13(10)20/h3-5,8-9H,6-7H2,1-2H3,(H,23,24). The summed E-state index contributed by atoms with van der Waals surface area (Å²) in [5.74, 6) is -1.74. The summed E-state index contributed by atoms with van der Waals surface area (Å²) in [4.78, 5) is 37.4. The molecule has 0 amide bonds. The van der Waals surface area contributed by atoms with Gasteiger partial charge in [-0.3, -0.25) is 18.7 Å². The molecule has 9 heteroatoms. The number of benzene rings is 1. The van der Waals surface area contributed by atoms with Crippen LogP contribution in [-0.2, 0) is 17.9 Å². The van der Waals surface area contributed by atoms with Crippen molar-refractivity contribution in [1.82, 2.24) is 9.13 Å². The molecule has 142 valence electrons. The molecule has 0 aliphatic rings. The number of carboxylic acid groups (broad SMARTS) is 1. The molecule has 1 aromatic carbocycles. The lowest BCUT2D eigenvalue weighted by Crippen LogP contribution is -2.41. The Labute approximate surface area is 165 Å². The Balaban J connectivity index is 2.31. The van der Waals surface area contributed by atoms with E-state index in [0.717, 1.165) is 14.7 Å². The van der Waals surface area contributed by atoms with Gasteiger partial charge in [0.25, 0.3) is 5.56 Å². The first kappa shape index (κ1) is 19.5. The van der Waals surface area contributed by atoms with Gasteiger partial charge in [0.15, 0.2) is 0 Å². The van der Waals surface area contributed by atoms with Crippen LogP contribution in [0.5, 0.6) is 0 Å². The highest BCUT2D eigenvalue weighted by molar-refractivity contribution is 9.10. The zero-order valence-corrected chi connectivity index (χ0v) is 16.9. The number of nitrogens with zero attached hydrogens (tertiary/aromatic N) is 2. The summed E-state index contributed by atoms with van der Waals surface area (Å²) in [5.41, 5.74) is -0.401. The molecule has 0 radical (unpaired) electrons. The van der Waals surface area contributed by atoms with Crippen LogP contribution in [0.25, 0.3) is 10.2 Å². The van der Waals surface area contributed by atoms with E-state index in [0.29, 0.717) is 14.7 Å². The van der Waals surface area contributed by atoms with Crippen molar-refractivity contribution in [3.8, 4) is 0 Å². The summed E-state index contributed by atoms with van der Waals surface area (Å²) in [5, 5.41) is 11.3. The minimum Gasteiger partial charge on any atom is -0.480 e. The molecule has 0 atom stereocenters. The summed E-state index contributed by atoms with van der Waals surface area (Å²) in [6.07, 6.45) is 0. The van der Waals surface area contributed by atoms with E-state index in [-0.39, 0.29) is 18.0 Å². The third kappa shape index (κ3) is 3.61. The molecule has 2 heterocycles. The van der Waals surface area contributed by atoms with E-state index in [9.17, 15) is 23.9 Å². The molecule has 3 rings (SSSR count). The SMILES string of the molecule is CC(C)c1csc2c1c(=O)n(Cc1ccc(Br)cc1F)c(=O)n2CC(=O)O. The lowest BCUT2D eigenvalue weighted by molar-refractivity contribution is -0.137. The fourth-order valence-electron chi connectivity index (χ4n) is 2.89. The highest BCUT2D eigenvalue weighted by Gasteiger charge is 2.21. The molecule has 3 aromatic rings. The van der Waals surface area contributed by atoms with Gasteiger partial charge in [-0.1, -0.05) is 35.8 Å². The Kier molecular flexibility index (Phi) is 5.34. The molecule has 1 N–H and O–H groups in total. The fourth-order valence-corrected chi connectivity index (χ4v) is 4.44. The zero-order valence-electron chi connectivity index (χ0n) is 14.5. The molecule has 27 heavy (non-hydrogen) atoms. The van der Waals surface area contributed by atoms with Crippen molar-refractivity contribution in [2.24, 2.45) is 0 Å². The molecule has 0 saturated heterocycles. The van der Waals surface area contributed by atoms with E-state index in [2.05, 4.69) is 15.9 Å². The number of carbonyl (C=O) groups is 1. The normalized spacial score (nSPS) is 11.4. The lowest BCUT2D eigenvalue weighted by atomic mass is 10.0. The third-order valence-corrected chi connectivity index (χ3v) is 5.74. The number of hydrogen-bond donors (Lipinski definition) is 1. The molecule has 6 nitrogen and oxygen atoms in total. The van der Waals surface area contributed by atoms with Crippen molar-refractivity contribution in [3.63, 3.8) is 0 Å². The third-order valence-electron chi connectivity index (χ3n) is 4.22. The monoisotopic (exact) mass is 454 g/mol. The number of aromatic nitrogens is 2. The molecule has 0 fully saturated rings. The first-order chi connectivity index (χ1) is 12.7. The van der Waals surface area contributed by atoms with Crippen LogP contribution in [0.4, 0.5) is 4.39 Å². The van der Waals surface area contributed by atoms with Crippen LogP contribution in [0.1, 0.15) is 30.9 Å². The molecule has 0 unspecified atom stereocenters. The minimum absolute atomic E-state index is 0.0140. The van der Waals surface area contributed by atoms with E-state index in [1.807, 2.05) is 13.8 Å². The number of rotatable bonds is 5. The number of carboxylic acids is 1. The summed E-state index contributed by atoms with van der Waals surface area (Å²) in [6, 6.07) is 4.34. The molecule has 0 saturated carbocycles. The Hall–Kier alpha value is -2.26. The Morgan fingerprint density at radius 1 is 1.30 bits per heavy atom. The Morgan fingerprint density at radius 3 is 2.59 bits per heavy atom. The summed E-state index contributed by atoms with van der Waals surface area (Å²) in [6.45, 7) is 2.97. The molecular weight excluding hydrogens is 439 g/mol. The fraction of sp³-hybridized carbons (Fsp3) is 0.278. The van der Waals surface area contributed by atoms with Crippen molar-refractivity contribution < 1.29 is 14.3 Å². The number of hydrogen-bond acceptors (Lipinski definition) is 4. The summed E-state index contributed by atoms with van der Waals surface area (Å²) >= 11 is 4.33. The zero-order chi connectivity index (χ0) is 19.9. The maximum Gasteiger partial charge on any atom is 0.332 e. The van der Waals surface area contributed by atoms with Crippen molar-refractivity contribution in [1.29, 1.82) is 0 Å². The van der Waals surface area contributed by atoms with E-state index in [1.54, 1.807) is 11.4 Å². The lowest BCUT2D eigenvalue weighted by Gasteiger charge is -2.12. The topological polar surface area (TPSA) is 81.3 Å². The molecular formula is C18H16BrFN2O4S. The quantitative estimate of drug-likeness (QED) is 0.640. The van der Waals surface area contributed by atoms with Crippen LogP contribution in [0.15, 0.2) is 37.6 Å². The Morgan fingerprint density at radius 2 is 2.00 bits per heavy atom. The van der Waals surface area contributed by atoms with Crippen LogP contribution in [0.3, 0.4) is 0 Å². The van der Waals surface area contributed by atoms with Gasteiger partial charge in [0.2, 0.25) is 0 Å². The number of aliphatic carboxylic acids is 1. The molecule has 0 aliphatic heterocycles. The Bertz CT molecular complexity index is 1160. The number of thiophene rings is 1. The van der Waals surface area contributed by atoms with Crippen LogP contribution in [0.2, 0.25) is 0 Å². The second-order valence-electron chi connectivity index (χ2n) is 6.42. The second kappa shape index (κ2) is 7.40. The smallest absolute Gasteiger partial charge is 0.332 e. The van der Waals surface area contributed by atoms with Gasteiger partial charge in [-0.15, -0.1) is 11.3 Å². The minimum atomic E-state index is -1.20. The van der Waals surface area contributed by atoms with Gasteiger partial charge in [-0.2, -0.15) is 0 Å². The van der Waals surface area contributed by atoms with Gasteiger partial charge in [0, 0.05) is 10.0 Å². The van der Waals surface area contributed by atoms with E-state index < -0.39 is 29.6 Å². The van der Waals surface area contributed by atoms with Gasteiger partial charge >= 0.3 is 11.7 Å². The largest absolute Gasteiger partial charge is 0.480 e. The van der Waals surface area contributed by atoms with Gasteiger partial charge < -0.3 is 5.11 Å². The first-order valence-corrected chi connectivity index (χ1v) is 9.78. The maximum absolute atomic E-state index is 14.2. The van der Waals surface area contributed by atoms with Crippen molar-refractivity contribution in [3.05, 3.63) is 65.8 Å². The van der Waals surface area contributed by atoms with Gasteiger partial charge in [0.05, 0.1) is 11.9 Å². The van der Waals surface area contributed by atoms with Crippen LogP contribution < -0.4 is 11.2 Å². The molecule has 0 spiro atoms. The van der Waals surface area contributed by atoms with Crippen LogP contribution >= 0.6 is 27.3 Å². The predicted octanol–water partition coefficient (Wildman–Crippen LogP) is 3.38. The molecule has 0 aliphatic carbocycles. The predicted molar refractivity (Wildman–Crippen MR) is 105 cm³/mol. The molecule has 2 aromatic heterocycles. The average Bonchev–Trinajstić information content (AvgIpc) is 3.02. The summed E-state index contributed by atoms with van der Waals surface area (Å²) in [7, 11) is 0. The highest BCUT2D eigenvalue weighted by atomic mass is 79.9. The second-order valence-corrected chi connectivity index (χ2v) is 8.19. The van der Waals surface area contributed by atoms with Gasteiger partial charge in [0.1, 0.15) is 17.2 Å². The van der Waals surface area contributed by atoms with E-state index >= 15 is 0 Å². The van der Waals surface area contributed by atoms with Crippen molar-refractivity contribution in [2.45, 2.75) is 32.9 Å². The maximum atomic E-state index is 14.2. The number of fused-ring (bicyclic) bond motifs is 1. The van der Waals surface area contributed by atoms with Crippen molar-refractivity contribution in [2.75, 3.05) is 0 Å².